The molecule has 174 valence electrons. The summed E-state index contributed by atoms with van der Waals surface area (Å²) in [6, 6.07) is 5.91. The minimum Gasteiger partial charge on any atom is -0.356 e. The maximum absolute atomic E-state index is 12.8. The lowest BCUT2D eigenvalue weighted by Gasteiger charge is -2.39. The van der Waals surface area contributed by atoms with Crippen LogP contribution in [0.5, 0.6) is 0 Å². The van der Waals surface area contributed by atoms with Crippen molar-refractivity contribution in [2.75, 3.05) is 59.4 Å². The molecule has 32 heavy (non-hydrogen) atoms. The zero-order valence-electron chi connectivity index (χ0n) is 19.6. The number of hydrogen-bond donors (Lipinski definition) is 1. The summed E-state index contributed by atoms with van der Waals surface area (Å²) < 4.78 is 2.02. The number of likely N-dealkylation sites (tertiary alicyclic amines) is 1. The summed E-state index contributed by atoms with van der Waals surface area (Å²) >= 11 is 0. The van der Waals surface area contributed by atoms with Crippen molar-refractivity contribution in [1.82, 2.24) is 34.6 Å². The maximum atomic E-state index is 12.8. The van der Waals surface area contributed by atoms with E-state index >= 15 is 0 Å². The van der Waals surface area contributed by atoms with Crippen molar-refractivity contribution in [1.29, 1.82) is 0 Å². The first kappa shape index (κ1) is 22.5. The Bertz CT molecular complexity index is 923. The van der Waals surface area contributed by atoms with Crippen LogP contribution in [0.3, 0.4) is 0 Å². The van der Waals surface area contributed by atoms with Gasteiger partial charge in [0.1, 0.15) is 5.82 Å². The van der Waals surface area contributed by atoms with Gasteiger partial charge in [-0.1, -0.05) is 19.9 Å². The van der Waals surface area contributed by atoms with Crippen LogP contribution in [0.15, 0.2) is 29.4 Å². The molecule has 2 fully saturated rings. The number of aromatic nitrogens is 3. The van der Waals surface area contributed by atoms with Crippen LogP contribution >= 0.6 is 0 Å². The number of carbonyl (C=O) groups excluding carboxylic acids is 1. The topological polar surface area (TPSA) is 81.4 Å². The zero-order chi connectivity index (χ0) is 22.5. The molecule has 1 N–H and O–H groups in total. The third-order valence-electron chi connectivity index (χ3n) is 6.48. The fourth-order valence-electron chi connectivity index (χ4n) is 4.96. The second-order valence-corrected chi connectivity index (χ2v) is 9.28. The van der Waals surface area contributed by atoms with Gasteiger partial charge < -0.3 is 15.1 Å². The van der Waals surface area contributed by atoms with Crippen LogP contribution in [0.4, 0.5) is 0 Å². The van der Waals surface area contributed by atoms with E-state index in [1.807, 2.05) is 35.8 Å². The van der Waals surface area contributed by atoms with Crippen molar-refractivity contribution in [2.24, 2.45) is 16.8 Å². The smallest absolute Gasteiger partial charge is 0.236 e. The Hall–Kier alpha value is -2.68. The lowest BCUT2D eigenvalue weighted by atomic mass is 9.92. The Labute approximate surface area is 190 Å². The Morgan fingerprint density at radius 2 is 1.84 bits per heavy atom. The molecule has 0 radical (unpaired) electrons. The molecular weight excluding hydrogens is 404 g/mol. The summed E-state index contributed by atoms with van der Waals surface area (Å²) in [6.45, 7) is 11.1. The van der Waals surface area contributed by atoms with Gasteiger partial charge in [0, 0.05) is 65.5 Å². The highest BCUT2D eigenvalue weighted by atomic mass is 16.2. The predicted octanol–water partition coefficient (Wildman–Crippen LogP) is 0.969. The molecule has 2 aliphatic rings. The molecule has 4 rings (SSSR count). The van der Waals surface area contributed by atoms with Crippen molar-refractivity contribution < 1.29 is 4.79 Å². The van der Waals surface area contributed by atoms with Crippen molar-refractivity contribution >= 4 is 17.5 Å². The number of amides is 1. The van der Waals surface area contributed by atoms with Gasteiger partial charge in [-0.15, -0.1) is 10.2 Å². The second-order valence-electron chi connectivity index (χ2n) is 9.28. The Morgan fingerprint density at radius 3 is 2.56 bits per heavy atom. The summed E-state index contributed by atoms with van der Waals surface area (Å²) in [5.74, 6) is 3.32. The number of pyridine rings is 1. The van der Waals surface area contributed by atoms with E-state index in [4.69, 9.17) is 0 Å². The summed E-state index contributed by atoms with van der Waals surface area (Å²) in [7, 11) is 1.82. The molecule has 1 amide bonds. The van der Waals surface area contributed by atoms with E-state index in [1.165, 1.54) is 6.42 Å². The SMILES string of the molecule is CN=C(NCCc1nnc2ccccn12)N1CCN(CC(=O)N2CC(C)CC(C)C2)CC1. The summed E-state index contributed by atoms with van der Waals surface area (Å²) in [5.41, 5.74) is 0.867. The lowest BCUT2D eigenvalue weighted by molar-refractivity contribution is -0.135. The minimum atomic E-state index is 0.278. The van der Waals surface area contributed by atoms with Gasteiger partial charge in [-0.25, -0.2) is 0 Å². The number of fused-ring (bicyclic) bond motifs is 1. The molecule has 2 aromatic heterocycles. The molecule has 2 atom stereocenters. The molecule has 0 aromatic carbocycles. The normalized spacial score (nSPS) is 23.0. The highest BCUT2D eigenvalue weighted by molar-refractivity contribution is 5.80. The quantitative estimate of drug-likeness (QED) is 0.551. The van der Waals surface area contributed by atoms with Gasteiger partial charge in [0.2, 0.25) is 5.91 Å². The van der Waals surface area contributed by atoms with Crippen LogP contribution in [-0.4, -0.2) is 101 Å². The molecule has 2 aromatic rings. The van der Waals surface area contributed by atoms with E-state index in [-0.39, 0.29) is 5.91 Å². The molecule has 9 heteroatoms. The minimum absolute atomic E-state index is 0.278. The van der Waals surface area contributed by atoms with E-state index < -0.39 is 0 Å². The van der Waals surface area contributed by atoms with E-state index in [0.29, 0.717) is 18.4 Å². The first-order valence-corrected chi connectivity index (χ1v) is 11.8. The van der Waals surface area contributed by atoms with Crippen LogP contribution in [-0.2, 0) is 11.2 Å². The molecule has 2 saturated heterocycles. The first-order chi connectivity index (χ1) is 15.5. The van der Waals surface area contributed by atoms with Crippen molar-refractivity contribution in [3.63, 3.8) is 0 Å². The van der Waals surface area contributed by atoms with Gasteiger partial charge in [0.05, 0.1) is 6.54 Å². The molecule has 0 spiro atoms. The molecule has 9 nitrogen and oxygen atoms in total. The number of nitrogens with zero attached hydrogens (tertiary/aromatic N) is 7. The average Bonchev–Trinajstić information content (AvgIpc) is 3.20. The van der Waals surface area contributed by atoms with E-state index in [9.17, 15) is 4.79 Å². The number of rotatable bonds is 5. The van der Waals surface area contributed by atoms with Gasteiger partial charge in [0.15, 0.2) is 11.6 Å². The highest BCUT2D eigenvalue weighted by Crippen LogP contribution is 2.21. The van der Waals surface area contributed by atoms with Crippen LogP contribution < -0.4 is 5.32 Å². The van der Waals surface area contributed by atoms with Gasteiger partial charge in [0.25, 0.3) is 0 Å². The fraction of sp³-hybridized carbons (Fsp3) is 0.652. The second kappa shape index (κ2) is 10.3. The van der Waals surface area contributed by atoms with Crippen LogP contribution in [0.2, 0.25) is 0 Å². The Kier molecular flexibility index (Phi) is 7.24. The molecule has 0 saturated carbocycles. The van der Waals surface area contributed by atoms with Crippen LogP contribution in [0.1, 0.15) is 26.1 Å². The maximum Gasteiger partial charge on any atom is 0.236 e. The number of nitrogens with one attached hydrogen (secondary N) is 1. The first-order valence-electron chi connectivity index (χ1n) is 11.8. The highest BCUT2D eigenvalue weighted by Gasteiger charge is 2.28. The van der Waals surface area contributed by atoms with E-state index in [2.05, 4.69) is 49.1 Å². The molecular formula is C23H36N8O. The Morgan fingerprint density at radius 1 is 1.09 bits per heavy atom. The lowest BCUT2D eigenvalue weighted by Crippen LogP contribution is -2.55. The summed E-state index contributed by atoms with van der Waals surface area (Å²) in [6.07, 6.45) is 3.98. The number of piperidine rings is 1. The molecule has 0 aliphatic carbocycles. The molecule has 4 heterocycles. The number of piperazine rings is 1. The van der Waals surface area contributed by atoms with Crippen molar-refractivity contribution in [3.05, 3.63) is 30.2 Å². The van der Waals surface area contributed by atoms with E-state index in [0.717, 1.165) is 69.7 Å². The summed E-state index contributed by atoms with van der Waals surface area (Å²) in [5, 5.41) is 12.0. The monoisotopic (exact) mass is 440 g/mol. The summed E-state index contributed by atoms with van der Waals surface area (Å²) in [4.78, 5) is 23.9. The van der Waals surface area contributed by atoms with Gasteiger partial charge in [-0.3, -0.25) is 19.1 Å². The predicted molar refractivity (Wildman–Crippen MR) is 126 cm³/mol. The standard InChI is InChI=1S/C23H36N8O/c1-18-14-19(2)16-30(15-18)22(32)17-28-10-12-29(13-11-28)23(24-3)25-8-7-21-27-26-20-6-4-5-9-31(20)21/h4-6,9,18-19H,7-8,10-17H2,1-3H3,(H,24,25). The van der Waals surface area contributed by atoms with Gasteiger partial charge >= 0.3 is 0 Å². The number of aliphatic imine (C=N–C) groups is 1. The van der Waals surface area contributed by atoms with Crippen molar-refractivity contribution in [3.8, 4) is 0 Å². The fourth-order valence-corrected chi connectivity index (χ4v) is 4.96. The third-order valence-corrected chi connectivity index (χ3v) is 6.48. The average molecular weight is 441 g/mol. The number of hydrogen-bond acceptors (Lipinski definition) is 5. The largest absolute Gasteiger partial charge is 0.356 e. The molecule has 2 unspecified atom stereocenters. The van der Waals surface area contributed by atoms with Gasteiger partial charge in [-0.05, 0) is 30.4 Å². The zero-order valence-corrected chi connectivity index (χ0v) is 19.6. The van der Waals surface area contributed by atoms with Crippen LogP contribution in [0.25, 0.3) is 5.65 Å². The Balaban J connectivity index is 1.21. The van der Waals surface area contributed by atoms with Gasteiger partial charge in [-0.2, -0.15) is 0 Å². The third kappa shape index (κ3) is 5.38. The van der Waals surface area contributed by atoms with Crippen LogP contribution in [0, 0.1) is 11.8 Å². The van der Waals surface area contributed by atoms with Crippen molar-refractivity contribution in [2.45, 2.75) is 26.7 Å². The number of guanidine groups is 1. The molecule has 2 aliphatic heterocycles. The number of carbonyl (C=O) groups is 1. The van der Waals surface area contributed by atoms with E-state index in [1.54, 1.807) is 0 Å². The molecule has 0 bridgehead atoms.